The quantitative estimate of drug-likeness (QED) is 0.752. The molecule has 2 rings (SSSR count). The number of carbonyl (C=O) groups excluding carboxylic acids is 1. The van der Waals surface area contributed by atoms with Crippen LogP contribution < -0.4 is 9.64 Å². The van der Waals surface area contributed by atoms with Crippen molar-refractivity contribution in [2.45, 2.75) is 58.4 Å². The number of hydrogen-bond acceptors (Lipinski definition) is 3. The van der Waals surface area contributed by atoms with Crippen molar-refractivity contribution in [2.75, 3.05) is 18.6 Å². The number of methoxy groups -OCH3 is 1. The van der Waals surface area contributed by atoms with Crippen LogP contribution in [0.25, 0.3) is 0 Å². The van der Waals surface area contributed by atoms with E-state index in [0.29, 0.717) is 17.2 Å². The van der Waals surface area contributed by atoms with Gasteiger partial charge in [0.15, 0.2) is 6.29 Å². The molecular weight excluding hydrogens is 262 g/mol. The molecule has 21 heavy (non-hydrogen) atoms. The van der Waals surface area contributed by atoms with E-state index in [0.717, 1.165) is 19.3 Å². The molecule has 1 aliphatic heterocycles. The molecule has 0 unspecified atom stereocenters. The van der Waals surface area contributed by atoms with Crippen LogP contribution in [-0.2, 0) is 0 Å². The van der Waals surface area contributed by atoms with E-state index in [1.807, 2.05) is 12.1 Å². The lowest BCUT2D eigenvalue weighted by atomic mass is 9.79. The van der Waals surface area contributed by atoms with Gasteiger partial charge in [-0.15, -0.1) is 0 Å². The number of fused-ring (bicyclic) bond motifs is 1. The number of benzene rings is 1. The fourth-order valence-corrected chi connectivity index (χ4v) is 3.54. The third-order valence-electron chi connectivity index (χ3n) is 4.60. The maximum absolute atomic E-state index is 11.3. The molecule has 0 aromatic heterocycles. The number of ether oxygens (including phenoxy) is 1. The first kappa shape index (κ1) is 15.9. The number of aldehydes is 1. The molecule has 0 saturated heterocycles. The van der Waals surface area contributed by atoms with Gasteiger partial charge in [0.2, 0.25) is 0 Å². The first-order chi connectivity index (χ1) is 9.94. The highest BCUT2D eigenvalue weighted by Crippen LogP contribution is 2.45. The standard InChI is InChI=1S/C18H27NO2/c1-6-7-8-19-16-10-17(21-5)14(12-20)9-15(16)13(2)11-18(19,3)4/h9-10,12-13H,6-8,11H2,1-5H3/t13-/m1/s1. The van der Waals surface area contributed by atoms with Crippen molar-refractivity contribution < 1.29 is 9.53 Å². The number of unbranched alkanes of at least 4 members (excludes halogenated alkanes) is 1. The van der Waals surface area contributed by atoms with Crippen LogP contribution in [0.5, 0.6) is 5.75 Å². The molecule has 3 heteroatoms. The molecule has 0 bridgehead atoms. The summed E-state index contributed by atoms with van der Waals surface area (Å²) >= 11 is 0. The minimum absolute atomic E-state index is 0.134. The van der Waals surface area contributed by atoms with E-state index in [1.165, 1.54) is 24.1 Å². The van der Waals surface area contributed by atoms with E-state index in [-0.39, 0.29) is 5.54 Å². The minimum Gasteiger partial charge on any atom is -0.496 e. The molecular formula is C18H27NO2. The van der Waals surface area contributed by atoms with E-state index >= 15 is 0 Å². The fraction of sp³-hybridized carbons (Fsp3) is 0.611. The Bertz CT molecular complexity index is 522. The molecule has 1 aliphatic rings. The van der Waals surface area contributed by atoms with E-state index in [4.69, 9.17) is 4.74 Å². The Morgan fingerprint density at radius 2 is 2.14 bits per heavy atom. The van der Waals surface area contributed by atoms with Gasteiger partial charge in [-0.2, -0.15) is 0 Å². The molecule has 3 nitrogen and oxygen atoms in total. The summed E-state index contributed by atoms with van der Waals surface area (Å²) in [5, 5.41) is 0. The highest BCUT2D eigenvalue weighted by Gasteiger charge is 2.36. The van der Waals surface area contributed by atoms with Gasteiger partial charge in [-0.05, 0) is 44.2 Å². The monoisotopic (exact) mass is 289 g/mol. The number of hydrogen-bond donors (Lipinski definition) is 0. The zero-order valence-corrected chi connectivity index (χ0v) is 13.9. The van der Waals surface area contributed by atoms with Crippen LogP contribution in [0.1, 0.15) is 68.8 Å². The SMILES string of the molecule is CCCCN1c2cc(OC)c(C=O)cc2[C@H](C)CC1(C)C. The van der Waals surface area contributed by atoms with Crippen molar-refractivity contribution in [1.29, 1.82) is 0 Å². The van der Waals surface area contributed by atoms with E-state index in [9.17, 15) is 4.79 Å². The van der Waals surface area contributed by atoms with Gasteiger partial charge in [-0.25, -0.2) is 0 Å². The van der Waals surface area contributed by atoms with Crippen LogP contribution in [-0.4, -0.2) is 25.5 Å². The van der Waals surface area contributed by atoms with Gasteiger partial charge >= 0.3 is 0 Å². The summed E-state index contributed by atoms with van der Waals surface area (Å²) in [5.74, 6) is 1.13. The van der Waals surface area contributed by atoms with Crippen molar-refractivity contribution >= 4 is 12.0 Å². The average molecular weight is 289 g/mol. The predicted octanol–water partition coefficient (Wildman–Crippen LogP) is 4.40. The molecule has 1 aromatic carbocycles. The van der Waals surface area contributed by atoms with Crippen molar-refractivity contribution in [3.8, 4) is 5.75 Å². The number of nitrogens with zero attached hydrogens (tertiary/aromatic N) is 1. The molecule has 1 aromatic rings. The first-order valence-electron chi connectivity index (χ1n) is 7.89. The van der Waals surface area contributed by atoms with Crippen molar-refractivity contribution in [1.82, 2.24) is 0 Å². The van der Waals surface area contributed by atoms with Crippen molar-refractivity contribution in [3.63, 3.8) is 0 Å². The number of carbonyl (C=O) groups is 1. The van der Waals surface area contributed by atoms with Gasteiger partial charge in [0.1, 0.15) is 5.75 Å². The Kier molecular flexibility index (Phi) is 4.60. The molecule has 0 aliphatic carbocycles. The van der Waals surface area contributed by atoms with Gasteiger partial charge in [0, 0.05) is 23.8 Å². The molecule has 1 heterocycles. The lowest BCUT2D eigenvalue weighted by molar-refractivity contribution is 0.112. The molecule has 0 saturated carbocycles. The highest BCUT2D eigenvalue weighted by molar-refractivity contribution is 5.82. The van der Waals surface area contributed by atoms with E-state index < -0.39 is 0 Å². The fourth-order valence-electron chi connectivity index (χ4n) is 3.54. The largest absolute Gasteiger partial charge is 0.496 e. The van der Waals surface area contributed by atoms with Gasteiger partial charge in [0.25, 0.3) is 0 Å². The van der Waals surface area contributed by atoms with Gasteiger partial charge in [-0.1, -0.05) is 20.3 Å². The van der Waals surface area contributed by atoms with E-state index in [1.54, 1.807) is 7.11 Å². The normalized spacial score (nSPS) is 20.0. The molecule has 0 fully saturated rings. The van der Waals surface area contributed by atoms with Crippen LogP contribution in [0.2, 0.25) is 0 Å². The maximum Gasteiger partial charge on any atom is 0.153 e. The summed E-state index contributed by atoms with van der Waals surface area (Å²) in [7, 11) is 1.63. The second-order valence-electron chi connectivity index (χ2n) is 6.69. The first-order valence-corrected chi connectivity index (χ1v) is 7.89. The van der Waals surface area contributed by atoms with Crippen LogP contribution >= 0.6 is 0 Å². The molecule has 0 spiro atoms. The molecule has 1 atom stereocenters. The Balaban J connectivity index is 2.54. The summed E-state index contributed by atoms with van der Waals surface area (Å²) in [4.78, 5) is 13.8. The summed E-state index contributed by atoms with van der Waals surface area (Å²) in [6.45, 7) is 10.1. The zero-order valence-electron chi connectivity index (χ0n) is 13.9. The minimum atomic E-state index is 0.134. The summed E-state index contributed by atoms with van der Waals surface area (Å²) in [6.07, 6.45) is 4.35. The summed E-state index contributed by atoms with van der Waals surface area (Å²) in [5.41, 5.74) is 3.29. The molecule has 0 N–H and O–H groups in total. The Labute approximate surface area is 128 Å². The number of rotatable bonds is 5. The van der Waals surface area contributed by atoms with Crippen LogP contribution in [0.4, 0.5) is 5.69 Å². The lowest BCUT2D eigenvalue weighted by Gasteiger charge is -2.48. The van der Waals surface area contributed by atoms with Crippen molar-refractivity contribution in [3.05, 3.63) is 23.3 Å². The molecule has 0 radical (unpaired) electrons. The van der Waals surface area contributed by atoms with Crippen LogP contribution in [0, 0.1) is 0 Å². The topological polar surface area (TPSA) is 29.5 Å². The van der Waals surface area contributed by atoms with Gasteiger partial charge in [-0.3, -0.25) is 4.79 Å². The van der Waals surface area contributed by atoms with Crippen LogP contribution in [0.15, 0.2) is 12.1 Å². The van der Waals surface area contributed by atoms with Crippen LogP contribution in [0.3, 0.4) is 0 Å². The van der Waals surface area contributed by atoms with Crippen molar-refractivity contribution in [2.24, 2.45) is 0 Å². The Hall–Kier alpha value is -1.51. The predicted molar refractivity (Wildman–Crippen MR) is 87.7 cm³/mol. The summed E-state index contributed by atoms with van der Waals surface area (Å²) in [6, 6.07) is 4.06. The average Bonchev–Trinajstić information content (AvgIpc) is 2.45. The second-order valence-corrected chi connectivity index (χ2v) is 6.69. The smallest absolute Gasteiger partial charge is 0.153 e. The molecule has 0 amide bonds. The third kappa shape index (κ3) is 2.92. The Morgan fingerprint density at radius 3 is 2.71 bits per heavy atom. The van der Waals surface area contributed by atoms with E-state index in [2.05, 4.69) is 32.6 Å². The second kappa shape index (κ2) is 6.08. The van der Waals surface area contributed by atoms with Gasteiger partial charge < -0.3 is 9.64 Å². The zero-order chi connectivity index (χ0) is 15.6. The molecule has 116 valence electrons. The third-order valence-corrected chi connectivity index (χ3v) is 4.60. The lowest BCUT2D eigenvalue weighted by Crippen LogP contribution is -2.48. The van der Waals surface area contributed by atoms with Gasteiger partial charge in [0.05, 0.1) is 12.7 Å². The highest BCUT2D eigenvalue weighted by atomic mass is 16.5. The summed E-state index contributed by atoms with van der Waals surface area (Å²) < 4.78 is 5.40. The Morgan fingerprint density at radius 1 is 1.43 bits per heavy atom. The number of anilines is 1. The maximum atomic E-state index is 11.3.